The third kappa shape index (κ3) is 6.27. The Bertz CT molecular complexity index is 787. The standard InChI is InChI=1S/C17H16ClF3N2O3/c1-16(2,25)8-7-14(24)13-9-12(22-15(18)23-13)10-3-5-11(6-4-10)26-17(19,20)21/h3-6,9,25H,7-8H2,1-2H3. The Morgan fingerprint density at radius 1 is 1.19 bits per heavy atom. The van der Waals surface area contributed by atoms with Gasteiger partial charge in [0.05, 0.1) is 11.3 Å². The molecule has 0 aliphatic heterocycles. The molecule has 0 fully saturated rings. The predicted molar refractivity (Wildman–Crippen MR) is 89.0 cm³/mol. The SMILES string of the molecule is CC(C)(O)CCC(=O)c1cc(-c2ccc(OC(F)(F)F)cc2)nc(Cl)n1. The molecule has 0 saturated carbocycles. The minimum absolute atomic E-state index is 0.0641. The Labute approximate surface area is 152 Å². The van der Waals surface area contributed by atoms with Crippen LogP contribution in [0.1, 0.15) is 37.2 Å². The van der Waals surface area contributed by atoms with Gasteiger partial charge < -0.3 is 9.84 Å². The fourth-order valence-electron chi connectivity index (χ4n) is 2.08. The largest absolute Gasteiger partial charge is 0.573 e. The van der Waals surface area contributed by atoms with Crippen molar-refractivity contribution in [2.75, 3.05) is 0 Å². The minimum Gasteiger partial charge on any atom is -0.406 e. The van der Waals surface area contributed by atoms with Crippen LogP contribution in [0.5, 0.6) is 5.75 Å². The van der Waals surface area contributed by atoms with Gasteiger partial charge in [-0.05, 0) is 62.2 Å². The van der Waals surface area contributed by atoms with Gasteiger partial charge in [-0.3, -0.25) is 4.79 Å². The Balaban J connectivity index is 2.22. The quantitative estimate of drug-likeness (QED) is 0.585. The van der Waals surface area contributed by atoms with Crippen molar-refractivity contribution >= 4 is 17.4 Å². The number of hydrogen-bond donors (Lipinski definition) is 1. The van der Waals surface area contributed by atoms with Gasteiger partial charge in [0.25, 0.3) is 0 Å². The van der Waals surface area contributed by atoms with Crippen molar-refractivity contribution in [3.05, 3.63) is 41.3 Å². The summed E-state index contributed by atoms with van der Waals surface area (Å²) in [5, 5.41) is 9.54. The summed E-state index contributed by atoms with van der Waals surface area (Å²) in [7, 11) is 0. The van der Waals surface area contributed by atoms with Gasteiger partial charge >= 0.3 is 6.36 Å². The minimum atomic E-state index is -4.78. The number of benzene rings is 1. The third-order valence-electron chi connectivity index (χ3n) is 3.33. The molecular formula is C17H16ClF3N2O3. The van der Waals surface area contributed by atoms with E-state index in [0.717, 1.165) is 12.1 Å². The molecule has 0 amide bonds. The molecule has 2 rings (SSSR count). The molecule has 0 unspecified atom stereocenters. The monoisotopic (exact) mass is 388 g/mol. The molecule has 1 heterocycles. The maximum Gasteiger partial charge on any atom is 0.573 e. The highest BCUT2D eigenvalue weighted by atomic mass is 35.5. The smallest absolute Gasteiger partial charge is 0.406 e. The Morgan fingerprint density at radius 3 is 2.35 bits per heavy atom. The zero-order valence-electron chi connectivity index (χ0n) is 14.0. The molecule has 0 atom stereocenters. The Hall–Kier alpha value is -2.19. The lowest BCUT2D eigenvalue weighted by Crippen LogP contribution is -2.20. The van der Waals surface area contributed by atoms with Crippen molar-refractivity contribution in [3.8, 4) is 17.0 Å². The molecule has 1 aromatic heterocycles. The molecule has 2 aromatic rings. The van der Waals surface area contributed by atoms with Crippen LogP contribution in [-0.4, -0.2) is 32.8 Å². The first-order chi connectivity index (χ1) is 11.9. The number of Topliss-reactive ketones (excluding diaryl/α,β-unsaturated/α-hetero) is 1. The zero-order chi connectivity index (χ0) is 19.5. The summed E-state index contributed by atoms with van der Waals surface area (Å²) < 4.78 is 40.4. The number of ketones is 1. The maximum absolute atomic E-state index is 12.2. The first kappa shape index (κ1) is 20.1. The average Bonchev–Trinajstić information content (AvgIpc) is 2.50. The second-order valence-corrected chi connectivity index (χ2v) is 6.55. The molecule has 26 heavy (non-hydrogen) atoms. The van der Waals surface area contributed by atoms with Crippen molar-refractivity contribution in [2.24, 2.45) is 0 Å². The summed E-state index contributed by atoms with van der Waals surface area (Å²) in [4.78, 5) is 20.1. The van der Waals surface area contributed by atoms with Gasteiger partial charge in [-0.15, -0.1) is 13.2 Å². The second kappa shape index (κ2) is 7.59. The lowest BCUT2D eigenvalue weighted by molar-refractivity contribution is -0.274. The van der Waals surface area contributed by atoms with Gasteiger partial charge in [0.15, 0.2) is 5.78 Å². The average molecular weight is 389 g/mol. The van der Waals surface area contributed by atoms with Gasteiger partial charge in [0.2, 0.25) is 5.28 Å². The Morgan fingerprint density at radius 2 is 1.81 bits per heavy atom. The summed E-state index contributed by atoms with van der Waals surface area (Å²) in [6.07, 6.45) is -4.47. The van der Waals surface area contributed by atoms with Crippen molar-refractivity contribution in [1.29, 1.82) is 0 Å². The zero-order valence-corrected chi connectivity index (χ0v) is 14.7. The first-order valence-electron chi connectivity index (χ1n) is 7.59. The van der Waals surface area contributed by atoms with Crippen LogP contribution in [0.2, 0.25) is 5.28 Å². The topological polar surface area (TPSA) is 72.3 Å². The van der Waals surface area contributed by atoms with E-state index in [-0.39, 0.29) is 41.0 Å². The van der Waals surface area contributed by atoms with Crippen LogP contribution < -0.4 is 4.74 Å². The van der Waals surface area contributed by atoms with Gasteiger partial charge in [-0.1, -0.05) is 0 Å². The highest BCUT2D eigenvalue weighted by Gasteiger charge is 2.31. The number of halogens is 4. The summed E-state index contributed by atoms with van der Waals surface area (Å²) >= 11 is 5.86. The van der Waals surface area contributed by atoms with E-state index >= 15 is 0 Å². The summed E-state index contributed by atoms with van der Waals surface area (Å²) in [6, 6.07) is 6.40. The molecule has 0 saturated heterocycles. The number of aliphatic hydroxyl groups is 1. The lowest BCUT2D eigenvalue weighted by atomic mass is 9.99. The fourth-order valence-corrected chi connectivity index (χ4v) is 2.27. The molecule has 1 aromatic carbocycles. The highest BCUT2D eigenvalue weighted by Crippen LogP contribution is 2.27. The third-order valence-corrected chi connectivity index (χ3v) is 3.50. The molecule has 0 bridgehead atoms. The highest BCUT2D eigenvalue weighted by molar-refractivity contribution is 6.28. The number of carbonyl (C=O) groups is 1. The molecule has 1 N–H and O–H groups in total. The van der Waals surface area contributed by atoms with Crippen LogP contribution in [0.4, 0.5) is 13.2 Å². The lowest BCUT2D eigenvalue weighted by Gasteiger charge is -2.15. The summed E-state index contributed by atoms with van der Waals surface area (Å²) in [6.45, 7) is 3.17. The number of aromatic nitrogens is 2. The summed E-state index contributed by atoms with van der Waals surface area (Å²) in [5.41, 5.74) is -0.195. The molecule has 9 heteroatoms. The number of rotatable bonds is 6. The number of nitrogens with zero attached hydrogens (tertiary/aromatic N) is 2. The number of carbonyl (C=O) groups excluding carboxylic acids is 1. The summed E-state index contributed by atoms with van der Waals surface area (Å²) in [5.74, 6) is -0.697. The van der Waals surface area contributed by atoms with Crippen LogP contribution in [0.15, 0.2) is 30.3 Å². The fraction of sp³-hybridized carbons (Fsp3) is 0.353. The van der Waals surface area contributed by atoms with Gasteiger partial charge in [0.1, 0.15) is 11.4 Å². The van der Waals surface area contributed by atoms with Crippen molar-refractivity contribution < 1.29 is 27.8 Å². The Kier molecular flexibility index (Phi) is 5.87. The molecular weight excluding hydrogens is 373 g/mol. The number of alkyl halides is 3. The van der Waals surface area contributed by atoms with Crippen LogP contribution in [0.25, 0.3) is 11.3 Å². The van der Waals surface area contributed by atoms with Gasteiger partial charge in [0, 0.05) is 12.0 Å². The second-order valence-electron chi connectivity index (χ2n) is 6.22. The normalized spacial score (nSPS) is 12.1. The van der Waals surface area contributed by atoms with Gasteiger partial charge in [-0.25, -0.2) is 9.97 Å². The molecule has 0 aliphatic rings. The number of hydrogen-bond acceptors (Lipinski definition) is 5. The van der Waals surface area contributed by atoms with Crippen molar-refractivity contribution in [2.45, 2.75) is 38.7 Å². The van der Waals surface area contributed by atoms with Crippen LogP contribution in [0, 0.1) is 0 Å². The predicted octanol–water partition coefficient (Wildman–Crippen LogP) is 4.43. The molecule has 0 radical (unpaired) electrons. The van der Waals surface area contributed by atoms with Crippen LogP contribution in [0.3, 0.4) is 0 Å². The van der Waals surface area contributed by atoms with Crippen molar-refractivity contribution in [1.82, 2.24) is 9.97 Å². The van der Waals surface area contributed by atoms with Crippen LogP contribution in [-0.2, 0) is 0 Å². The molecule has 140 valence electrons. The molecule has 0 aliphatic carbocycles. The van der Waals surface area contributed by atoms with Crippen molar-refractivity contribution in [3.63, 3.8) is 0 Å². The van der Waals surface area contributed by atoms with E-state index in [1.165, 1.54) is 18.2 Å². The molecule has 5 nitrogen and oxygen atoms in total. The van der Waals surface area contributed by atoms with E-state index in [1.54, 1.807) is 13.8 Å². The van der Waals surface area contributed by atoms with E-state index in [9.17, 15) is 23.1 Å². The van der Waals surface area contributed by atoms with E-state index in [1.807, 2.05) is 0 Å². The maximum atomic E-state index is 12.2. The van der Waals surface area contributed by atoms with E-state index < -0.39 is 12.0 Å². The van der Waals surface area contributed by atoms with Gasteiger partial charge in [-0.2, -0.15) is 0 Å². The van der Waals surface area contributed by atoms with E-state index in [0.29, 0.717) is 5.56 Å². The first-order valence-corrected chi connectivity index (χ1v) is 7.97. The van der Waals surface area contributed by atoms with E-state index in [4.69, 9.17) is 11.6 Å². The molecule has 0 spiro atoms. The van der Waals surface area contributed by atoms with E-state index in [2.05, 4.69) is 14.7 Å². The number of ether oxygens (including phenoxy) is 1. The van der Waals surface area contributed by atoms with Crippen LogP contribution >= 0.6 is 11.6 Å².